The molecule has 0 fully saturated rings. The summed E-state index contributed by atoms with van der Waals surface area (Å²) in [5.74, 6) is 0.636. The van der Waals surface area contributed by atoms with E-state index in [0.717, 1.165) is 16.0 Å². The van der Waals surface area contributed by atoms with E-state index in [4.69, 9.17) is 4.74 Å². The summed E-state index contributed by atoms with van der Waals surface area (Å²) in [6.07, 6.45) is 1.38. The van der Waals surface area contributed by atoms with Gasteiger partial charge in [-0.2, -0.15) is 0 Å². The van der Waals surface area contributed by atoms with Crippen LogP contribution in [0.2, 0.25) is 0 Å². The molecule has 0 saturated carbocycles. The SMILES string of the molecule is COc1ccc(CC(=O)N(CCN(C)C)c2nc3c(S(C)(=O)=O)cccc3s2)cc1. The highest BCUT2D eigenvalue weighted by Gasteiger charge is 2.22. The van der Waals surface area contributed by atoms with Gasteiger partial charge in [0.15, 0.2) is 15.0 Å². The number of hydrogen-bond acceptors (Lipinski definition) is 7. The molecule has 2 aromatic carbocycles. The van der Waals surface area contributed by atoms with Crippen molar-refractivity contribution in [3.8, 4) is 5.75 Å². The number of rotatable bonds is 8. The normalized spacial score (nSPS) is 11.8. The summed E-state index contributed by atoms with van der Waals surface area (Å²) in [6.45, 7) is 1.11. The Kier molecular flexibility index (Phi) is 6.74. The van der Waals surface area contributed by atoms with Gasteiger partial charge in [-0.15, -0.1) is 0 Å². The van der Waals surface area contributed by atoms with Gasteiger partial charge in [0, 0.05) is 19.3 Å². The second kappa shape index (κ2) is 9.11. The lowest BCUT2D eigenvalue weighted by atomic mass is 10.1. The first-order valence-corrected chi connectivity index (χ1v) is 12.1. The van der Waals surface area contributed by atoms with Gasteiger partial charge in [0.25, 0.3) is 0 Å². The number of thiazole rings is 1. The van der Waals surface area contributed by atoms with Gasteiger partial charge in [-0.05, 0) is 43.9 Å². The Bertz CT molecular complexity index is 1140. The second-order valence-electron chi connectivity index (χ2n) is 7.25. The molecule has 0 N–H and O–H groups in total. The molecular weight excluding hydrogens is 422 g/mol. The van der Waals surface area contributed by atoms with E-state index in [1.54, 1.807) is 24.1 Å². The number of sulfone groups is 1. The molecule has 0 saturated heterocycles. The number of hydrogen-bond donors (Lipinski definition) is 0. The van der Waals surface area contributed by atoms with Crippen LogP contribution >= 0.6 is 11.3 Å². The first kappa shape index (κ1) is 22.2. The van der Waals surface area contributed by atoms with Gasteiger partial charge in [-0.1, -0.05) is 29.5 Å². The summed E-state index contributed by atoms with van der Waals surface area (Å²) in [4.78, 5) is 21.5. The number of ether oxygens (including phenoxy) is 1. The molecule has 0 radical (unpaired) electrons. The minimum Gasteiger partial charge on any atom is -0.497 e. The first-order valence-electron chi connectivity index (χ1n) is 9.36. The molecule has 0 bridgehead atoms. The lowest BCUT2D eigenvalue weighted by molar-refractivity contribution is -0.118. The highest BCUT2D eigenvalue weighted by Crippen LogP contribution is 2.33. The molecule has 3 rings (SSSR count). The van der Waals surface area contributed by atoms with Crippen LogP contribution in [0.1, 0.15) is 5.56 Å². The summed E-state index contributed by atoms with van der Waals surface area (Å²) in [7, 11) is 2.05. The van der Waals surface area contributed by atoms with E-state index in [0.29, 0.717) is 23.7 Å². The standard InChI is InChI=1S/C21H25N3O4S2/c1-23(2)12-13-24(19(25)14-15-8-10-16(28-3)11-9-15)21-22-20-17(29-21)6-5-7-18(20)30(4,26)27/h5-11H,12-14H2,1-4H3. The van der Waals surface area contributed by atoms with Crippen molar-refractivity contribution in [2.45, 2.75) is 11.3 Å². The number of anilines is 1. The third-order valence-electron chi connectivity index (χ3n) is 4.59. The lowest BCUT2D eigenvalue weighted by Gasteiger charge is -2.22. The number of nitrogens with zero attached hydrogens (tertiary/aromatic N) is 3. The van der Waals surface area contributed by atoms with Crippen molar-refractivity contribution in [3.63, 3.8) is 0 Å². The van der Waals surface area contributed by atoms with Gasteiger partial charge in [-0.3, -0.25) is 9.69 Å². The van der Waals surface area contributed by atoms with Gasteiger partial charge in [0.05, 0.1) is 23.1 Å². The molecule has 1 heterocycles. The maximum Gasteiger partial charge on any atom is 0.233 e. The van der Waals surface area contributed by atoms with E-state index in [-0.39, 0.29) is 17.2 Å². The average molecular weight is 448 g/mol. The third-order valence-corrected chi connectivity index (χ3v) is 6.76. The Morgan fingerprint density at radius 1 is 1.10 bits per heavy atom. The highest BCUT2D eigenvalue weighted by atomic mass is 32.2. The number of likely N-dealkylation sites (N-methyl/N-ethyl adjacent to an activating group) is 1. The van der Waals surface area contributed by atoms with E-state index >= 15 is 0 Å². The molecular formula is C21H25N3O4S2. The van der Waals surface area contributed by atoms with E-state index in [2.05, 4.69) is 4.98 Å². The molecule has 9 heteroatoms. The van der Waals surface area contributed by atoms with Crippen molar-refractivity contribution in [1.82, 2.24) is 9.88 Å². The van der Waals surface area contributed by atoms with Gasteiger partial charge in [-0.25, -0.2) is 13.4 Å². The van der Waals surface area contributed by atoms with E-state index in [1.807, 2.05) is 49.3 Å². The maximum absolute atomic E-state index is 13.2. The van der Waals surface area contributed by atoms with Crippen LogP contribution in [-0.2, 0) is 21.1 Å². The molecule has 0 atom stereocenters. The van der Waals surface area contributed by atoms with Gasteiger partial charge < -0.3 is 9.64 Å². The number of carbonyl (C=O) groups excluding carboxylic acids is 1. The Morgan fingerprint density at radius 2 is 1.80 bits per heavy atom. The van der Waals surface area contributed by atoms with Crippen LogP contribution in [0.25, 0.3) is 10.2 Å². The Hall–Kier alpha value is -2.49. The Morgan fingerprint density at radius 3 is 2.40 bits per heavy atom. The van der Waals surface area contributed by atoms with Gasteiger partial charge in [0.1, 0.15) is 11.3 Å². The smallest absolute Gasteiger partial charge is 0.233 e. The minimum atomic E-state index is -3.42. The van der Waals surface area contributed by atoms with Crippen LogP contribution in [0, 0.1) is 0 Å². The third kappa shape index (κ3) is 5.16. The number of benzene rings is 2. The summed E-state index contributed by atoms with van der Waals surface area (Å²) >= 11 is 1.32. The number of fused-ring (bicyclic) bond motifs is 1. The lowest BCUT2D eigenvalue weighted by Crippen LogP contribution is -2.37. The summed E-state index contributed by atoms with van der Waals surface area (Å²) < 4.78 is 30.2. The molecule has 160 valence electrons. The molecule has 0 aliphatic carbocycles. The van der Waals surface area contributed by atoms with Crippen molar-refractivity contribution in [2.24, 2.45) is 0 Å². The van der Waals surface area contributed by atoms with Crippen LogP contribution in [0.3, 0.4) is 0 Å². The van der Waals surface area contributed by atoms with Crippen molar-refractivity contribution in [2.75, 3.05) is 45.5 Å². The number of carbonyl (C=O) groups is 1. The average Bonchev–Trinajstić information content (AvgIpc) is 3.11. The van der Waals surface area contributed by atoms with Crippen molar-refractivity contribution in [3.05, 3.63) is 48.0 Å². The zero-order valence-corrected chi connectivity index (χ0v) is 19.1. The van der Waals surface area contributed by atoms with E-state index in [1.165, 1.54) is 17.6 Å². The number of para-hydroxylation sites is 1. The van der Waals surface area contributed by atoms with Crippen molar-refractivity contribution >= 4 is 42.4 Å². The summed E-state index contributed by atoms with van der Waals surface area (Å²) in [5.41, 5.74) is 1.28. The molecule has 1 amide bonds. The maximum atomic E-state index is 13.2. The molecule has 1 aromatic heterocycles. The summed E-state index contributed by atoms with van der Waals surface area (Å²) in [6, 6.07) is 12.4. The highest BCUT2D eigenvalue weighted by molar-refractivity contribution is 7.91. The van der Waals surface area contributed by atoms with Gasteiger partial charge >= 0.3 is 0 Å². The largest absolute Gasteiger partial charge is 0.497 e. The molecule has 0 spiro atoms. The van der Waals surface area contributed by atoms with Crippen LogP contribution in [0.5, 0.6) is 5.75 Å². The molecule has 0 unspecified atom stereocenters. The second-order valence-corrected chi connectivity index (χ2v) is 10.2. The summed E-state index contributed by atoms with van der Waals surface area (Å²) in [5, 5.41) is 0.501. The predicted octanol–water partition coefficient (Wildman–Crippen LogP) is 2.85. The van der Waals surface area contributed by atoms with Gasteiger partial charge in [0.2, 0.25) is 5.91 Å². The fourth-order valence-corrected chi connectivity index (χ4v) is 4.90. The van der Waals surface area contributed by atoms with Crippen LogP contribution in [-0.4, -0.2) is 64.8 Å². The fraction of sp³-hybridized carbons (Fsp3) is 0.333. The predicted molar refractivity (Wildman–Crippen MR) is 120 cm³/mol. The topological polar surface area (TPSA) is 79.8 Å². The number of amides is 1. The zero-order chi connectivity index (χ0) is 21.9. The molecule has 30 heavy (non-hydrogen) atoms. The monoisotopic (exact) mass is 447 g/mol. The van der Waals surface area contributed by atoms with E-state index < -0.39 is 9.84 Å². The fourth-order valence-electron chi connectivity index (χ4n) is 2.97. The quantitative estimate of drug-likeness (QED) is 0.528. The van der Waals surface area contributed by atoms with Crippen LogP contribution in [0.15, 0.2) is 47.4 Å². The number of aromatic nitrogens is 1. The molecule has 0 aliphatic rings. The molecule has 7 nitrogen and oxygen atoms in total. The molecule has 0 aliphatic heterocycles. The zero-order valence-electron chi connectivity index (χ0n) is 17.5. The van der Waals surface area contributed by atoms with Crippen molar-refractivity contribution < 1.29 is 17.9 Å². The van der Waals surface area contributed by atoms with E-state index in [9.17, 15) is 13.2 Å². The van der Waals surface area contributed by atoms with Crippen molar-refractivity contribution in [1.29, 1.82) is 0 Å². The minimum absolute atomic E-state index is 0.0954. The Balaban J connectivity index is 1.95. The first-order chi connectivity index (χ1) is 14.2. The molecule has 3 aromatic rings. The Labute approximate surface area is 180 Å². The van der Waals surface area contributed by atoms with Crippen LogP contribution < -0.4 is 9.64 Å². The number of methoxy groups -OCH3 is 1. The van der Waals surface area contributed by atoms with Crippen LogP contribution in [0.4, 0.5) is 5.13 Å².